The van der Waals surface area contributed by atoms with Gasteiger partial charge in [0.05, 0.1) is 7.05 Å². The monoisotopic (exact) mass is 296 g/mol. The summed E-state index contributed by atoms with van der Waals surface area (Å²) in [6.45, 7) is 5.24. The van der Waals surface area contributed by atoms with E-state index >= 15 is 0 Å². The third-order valence-corrected chi connectivity index (χ3v) is 4.92. The second-order valence-electron chi connectivity index (χ2n) is 7.09. The van der Waals surface area contributed by atoms with Crippen LogP contribution in [0.4, 0.5) is 0 Å². The molecule has 0 aromatic carbocycles. The number of carbonyl (C=O) groups is 2. The molecular formula is C16H30N3O2+. The van der Waals surface area contributed by atoms with Gasteiger partial charge in [-0.05, 0) is 31.1 Å². The maximum Gasteiger partial charge on any atom is 0.275 e. The summed E-state index contributed by atoms with van der Waals surface area (Å²) in [7, 11) is 1.90. The first-order valence-corrected chi connectivity index (χ1v) is 8.35. The molecule has 120 valence electrons. The van der Waals surface area contributed by atoms with Gasteiger partial charge in [0.2, 0.25) is 0 Å². The molecule has 2 aliphatic carbocycles. The van der Waals surface area contributed by atoms with Crippen LogP contribution in [0.15, 0.2) is 0 Å². The molecule has 2 rings (SSSR count). The predicted molar refractivity (Wildman–Crippen MR) is 81.9 cm³/mol. The predicted octanol–water partition coefficient (Wildman–Crippen LogP) is -0.279. The lowest BCUT2D eigenvalue weighted by Gasteiger charge is -2.34. The number of carbonyl (C=O) groups excluding carboxylic acids is 2. The quantitative estimate of drug-likeness (QED) is 0.631. The van der Waals surface area contributed by atoms with Gasteiger partial charge in [0, 0.05) is 12.1 Å². The van der Waals surface area contributed by atoms with E-state index in [0.717, 1.165) is 24.2 Å². The van der Waals surface area contributed by atoms with Gasteiger partial charge in [0.15, 0.2) is 13.1 Å². The molecule has 5 heteroatoms. The Morgan fingerprint density at radius 1 is 1.00 bits per heavy atom. The third kappa shape index (κ3) is 5.30. The van der Waals surface area contributed by atoms with Crippen molar-refractivity contribution in [3.05, 3.63) is 0 Å². The van der Waals surface area contributed by atoms with E-state index in [0.29, 0.717) is 37.0 Å². The van der Waals surface area contributed by atoms with Crippen LogP contribution in [0.1, 0.15) is 46.0 Å². The van der Waals surface area contributed by atoms with E-state index in [-0.39, 0.29) is 11.8 Å². The summed E-state index contributed by atoms with van der Waals surface area (Å²) in [4.78, 5) is 24.8. The fourth-order valence-corrected chi connectivity index (χ4v) is 3.16. The molecule has 0 saturated heterocycles. The lowest BCUT2D eigenvalue weighted by Crippen LogP contribution is -3.11. The summed E-state index contributed by atoms with van der Waals surface area (Å²) in [5, 5.41) is 6.13. The fourth-order valence-electron chi connectivity index (χ4n) is 3.16. The fraction of sp³-hybridized carbons (Fsp3) is 0.875. The maximum absolute atomic E-state index is 12.1. The number of quaternary nitrogens is 1. The number of likely N-dealkylation sites (N-methyl/N-ethyl adjacent to an activating group) is 1. The summed E-state index contributed by atoms with van der Waals surface area (Å²) >= 11 is 0. The summed E-state index contributed by atoms with van der Waals surface area (Å²) in [6.07, 6.45) is 5.74. The van der Waals surface area contributed by atoms with Crippen molar-refractivity contribution < 1.29 is 14.5 Å². The van der Waals surface area contributed by atoms with Crippen molar-refractivity contribution in [3.63, 3.8) is 0 Å². The number of hydrogen-bond acceptors (Lipinski definition) is 2. The molecule has 0 radical (unpaired) electrons. The van der Waals surface area contributed by atoms with Crippen LogP contribution < -0.4 is 15.5 Å². The summed E-state index contributed by atoms with van der Waals surface area (Å²) in [5.74, 6) is 1.35. The van der Waals surface area contributed by atoms with Gasteiger partial charge in [-0.3, -0.25) is 9.59 Å². The first-order valence-electron chi connectivity index (χ1n) is 8.35. The van der Waals surface area contributed by atoms with Gasteiger partial charge < -0.3 is 15.5 Å². The van der Waals surface area contributed by atoms with E-state index in [1.165, 1.54) is 12.8 Å². The van der Waals surface area contributed by atoms with Gasteiger partial charge in [-0.2, -0.15) is 0 Å². The Balaban J connectivity index is 1.68. The van der Waals surface area contributed by atoms with Crippen molar-refractivity contribution in [1.82, 2.24) is 10.6 Å². The minimum absolute atomic E-state index is 0.0578. The second kappa shape index (κ2) is 7.25. The molecular weight excluding hydrogens is 266 g/mol. The normalized spacial score (nSPS) is 30.5. The molecule has 0 spiro atoms. The Morgan fingerprint density at radius 2 is 1.62 bits per heavy atom. The van der Waals surface area contributed by atoms with Gasteiger partial charge in [-0.25, -0.2) is 0 Å². The Bertz CT molecular complexity index is 382. The molecule has 1 unspecified atom stereocenters. The van der Waals surface area contributed by atoms with E-state index in [9.17, 15) is 9.59 Å². The highest BCUT2D eigenvalue weighted by atomic mass is 16.2. The molecule has 0 aromatic heterocycles. The van der Waals surface area contributed by atoms with Crippen LogP contribution in [0.5, 0.6) is 0 Å². The minimum Gasteiger partial charge on any atom is -0.348 e. The van der Waals surface area contributed by atoms with E-state index in [1.54, 1.807) is 0 Å². The summed E-state index contributed by atoms with van der Waals surface area (Å²) in [6, 6.07) is 0.693. The minimum atomic E-state index is 0.0578. The SMILES string of the molecule is C[C@H]1[C@@H](NC(=O)C[NH+](C)CC(=O)NC2CC2)CCC[C@@H]1C. The molecule has 5 nitrogen and oxygen atoms in total. The van der Waals surface area contributed by atoms with Crippen molar-refractivity contribution in [3.8, 4) is 0 Å². The van der Waals surface area contributed by atoms with E-state index in [4.69, 9.17) is 0 Å². The lowest BCUT2D eigenvalue weighted by molar-refractivity contribution is -0.862. The van der Waals surface area contributed by atoms with Gasteiger partial charge in [0.1, 0.15) is 0 Å². The molecule has 2 aliphatic rings. The van der Waals surface area contributed by atoms with Crippen LogP contribution in [0.2, 0.25) is 0 Å². The van der Waals surface area contributed by atoms with Crippen molar-refractivity contribution in [2.75, 3.05) is 20.1 Å². The van der Waals surface area contributed by atoms with Gasteiger partial charge >= 0.3 is 0 Å². The number of amides is 2. The molecule has 21 heavy (non-hydrogen) atoms. The van der Waals surface area contributed by atoms with Gasteiger partial charge in [-0.15, -0.1) is 0 Å². The number of nitrogens with one attached hydrogen (secondary N) is 3. The first kappa shape index (κ1) is 16.3. The summed E-state index contributed by atoms with van der Waals surface area (Å²) < 4.78 is 0. The van der Waals surface area contributed by atoms with Crippen molar-refractivity contribution in [1.29, 1.82) is 0 Å². The molecule has 2 fully saturated rings. The van der Waals surface area contributed by atoms with Crippen molar-refractivity contribution >= 4 is 11.8 Å². The second-order valence-corrected chi connectivity index (χ2v) is 7.09. The topological polar surface area (TPSA) is 62.6 Å². The standard InChI is InChI=1S/C16H29N3O2/c1-11-5-4-6-14(12(11)2)18-16(21)10-19(3)9-15(20)17-13-7-8-13/h11-14H,4-10H2,1-3H3,(H,17,20)(H,18,21)/p+1/t11-,12+,14-/m0/s1. The van der Waals surface area contributed by atoms with Crippen LogP contribution in [-0.2, 0) is 9.59 Å². The lowest BCUT2D eigenvalue weighted by atomic mass is 9.78. The Morgan fingerprint density at radius 3 is 2.24 bits per heavy atom. The molecule has 2 amide bonds. The van der Waals surface area contributed by atoms with Crippen molar-refractivity contribution in [2.45, 2.75) is 58.0 Å². The van der Waals surface area contributed by atoms with E-state index in [2.05, 4.69) is 24.5 Å². The molecule has 0 aliphatic heterocycles. The molecule has 2 saturated carbocycles. The Hall–Kier alpha value is -1.10. The molecule has 0 aromatic rings. The number of rotatable bonds is 6. The molecule has 0 bridgehead atoms. The Labute approximate surface area is 127 Å². The van der Waals surface area contributed by atoms with E-state index in [1.807, 2.05) is 7.05 Å². The number of hydrogen-bond donors (Lipinski definition) is 3. The Kier molecular flexibility index (Phi) is 5.62. The van der Waals surface area contributed by atoms with Crippen LogP contribution in [0, 0.1) is 11.8 Å². The maximum atomic E-state index is 12.1. The zero-order valence-electron chi connectivity index (χ0n) is 13.6. The largest absolute Gasteiger partial charge is 0.348 e. The van der Waals surface area contributed by atoms with Crippen LogP contribution >= 0.6 is 0 Å². The third-order valence-electron chi connectivity index (χ3n) is 4.92. The van der Waals surface area contributed by atoms with Gasteiger partial charge in [0.25, 0.3) is 11.8 Å². The van der Waals surface area contributed by atoms with E-state index < -0.39 is 0 Å². The molecule has 4 atom stereocenters. The van der Waals surface area contributed by atoms with Gasteiger partial charge in [-0.1, -0.05) is 26.7 Å². The van der Waals surface area contributed by atoms with Crippen LogP contribution in [0.25, 0.3) is 0 Å². The first-order chi connectivity index (χ1) is 9.95. The summed E-state index contributed by atoms with van der Waals surface area (Å²) in [5.41, 5.74) is 0. The van der Waals surface area contributed by atoms with Crippen LogP contribution in [-0.4, -0.2) is 44.0 Å². The molecule has 0 heterocycles. The highest BCUT2D eigenvalue weighted by Gasteiger charge is 2.29. The van der Waals surface area contributed by atoms with Crippen LogP contribution in [0.3, 0.4) is 0 Å². The average Bonchev–Trinajstić information content (AvgIpc) is 3.18. The highest BCUT2D eigenvalue weighted by Crippen LogP contribution is 2.29. The van der Waals surface area contributed by atoms with Crippen molar-refractivity contribution in [2.24, 2.45) is 11.8 Å². The zero-order chi connectivity index (χ0) is 15.4. The highest BCUT2D eigenvalue weighted by molar-refractivity contribution is 5.79. The zero-order valence-corrected chi connectivity index (χ0v) is 13.6. The average molecular weight is 296 g/mol. The molecule has 3 N–H and O–H groups in total. The smallest absolute Gasteiger partial charge is 0.275 e.